The van der Waals surface area contributed by atoms with E-state index in [0.29, 0.717) is 23.6 Å². The van der Waals surface area contributed by atoms with Crippen molar-refractivity contribution in [2.75, 3.05) is 62.7 Å². The van der Waals surface area contributed by atoms with Crippen LogP contribution in [0, 0.1) is 11.3 Å². The summed E-state index contributed by atoms with van der Waals surface area (Å²) in [5.41, 5.74) is 9.40. The van der Waals surface area contributed by atoms with Gasteiger partial charge in [0.2, 0.25) is 11.8 Å². The number of rotatable bonds is 8. The fourth-order valence-electron chi connectivity index (χ4n) is 9.79. The Hall–Kier alpha value is -5.63. The molecule has 0 saturated carbocycles. The van der Waals surface area contributed by atoms with E-state index in [2.05, 4.69) is 68.7 Å². The van der Waals surface area contributed by atoms with Gasteiger partial charge in [0.25, 0.3) is 5.91 Å². The Morgan fingerprint density at radius 3 is 2.52 bits per heavy atom. The van der Waals surface area contributed by atoms with E-state index in [9.17, 15) is 19.2 Å². The molecule has 14 heteroatoms. The van der Waals surface area contributed by atoms with E-state index < -0.39 is 11.9 Å². The van der Waals surface area contributed by atoms with Gasteiger partial charge in [-0.3, -0.25) is 38.8 Å². The molecule has 2 aromatic carbocycles. The van der Waals surface area contributed by atoms with Gasteiger partial charge in [-0.25, -0.2) is 4.79 Å². The molecule has 3 N–H and O–H groups in total. The van der Waals surface area contributed by atoms with Crippen LogP contribution in [0.2, 0.25) is 0 Å². The Morgan fingerprint density at radius 1 is 0.983 bits per heavy atom. The number of imide groups is 1. The van der Waals surface area contributed by atoms with E-state index in [1.807, 2.05) is 31.3 Å². The van der Waals surface area contributed by atoms with E-state index in [0.717, 1.165) is 117 Å². The standard InChI is InChI=1S/C44H54N10O4/c1-27(42(57)49(4)30-10-9-29-23-33(45-32(29)24-30)39-31-13-16-44(2,3)25-34(31)47-48-39)52-21-19-51(20-22-52)26-28-14-17-53(18-15-28)35-7-6-8-36-40(35)50(5)43(58)54(36)37-11-12-38(55)46-41(37)56/h6-10,23-24,28,37,45H,1,11-22,25-26H2,2-5H3,(H,47,48)(H,46,55,56). The highest BCUT2D eigenvalue weighted by Crippen LogP contribution is 2.39. The summed E-state index contributed by atoms with van der Waals surface area (Å²) in [6, 6.07) is 13.4. The molecule has 5 aromatic rings. The summed E-state index contributed by atoms with van der Waals surface area (Å²) in [6.45, 7) is 14.9. The minimum Gasteiger partial charge on any atom is -0.370 e. The van der Waals surface area contributed by atoms with Crippen LogP contribution >= 0.6 is 0 Å². The average Bonchev–Trinajstić information content (AvgIpc) is 3.90. The van der Waals surface area contributed by atoms with Crippen LogP contribution in [0.5, 0.6) is 0 Å². The first kappa shape index (κ1) is 37.9. The van der Waals surface area contributed by atoms with Crippen molar-refractivity contribution in [3.05, 3.63) is 76.5 Å². The van der Waals surface area contributed by atoms with E-state index in [-0.39, 0.29) is 29.3 Å². The second kappa shape index (κ2) is 14.6. The van der Waals surface area contributed by atoms with Crippen molar-refractivity contribution >= 4 is 51.0 Å². The van der Waals surface area contributed by atoms with Crippen LogP contribution in [-0.4, -0.2) is 105 Å². The largest absolute Gasteiger partial charge is 0.370 e. The summed E-state index contributed by atoms with van der Waals surface area (Å²) in [6.07, 6.45) is 5.75. The van der Waals surface area contributed by atoms with Crippen molar-refractivity contribution in [3.63, 3.8) is 0 Å². The Labute approximate surface area is 337 Å². The van der Waals surface area contributed by atoms with E-state index in [1.165, 1.54) is 11.3 Å². The molecule has 14 nitrogen and oxygen atoms in total. The zero-order valence-corrected chi connectivity index (χ0v) is 34.1. The number of piperazine rings is 1. The van der Waals surface area contributed by atoms with Crippen molar-refractivity contribution in [2.24, 2.45) is 18.4 Å². The summed E-state index contributed by atoms with van der Waals surface area (Å²) in [7, 11) is 3.58. The lowest BCUT2D eigenvalue weighted by atomic mass is 9.76. The van der Waals surface area contributed by atoms with Crippen LogP contribution in [0.1, 0.15) is 63.3 Å². The molecule has 9 rings (SSSR count). The summed E-state index contributed by atoms with van der Waals surface area (Å²) < 4.78 is 3.19. The number of nitrogens with one attached hydrogen (secondary N) is 3. The predicted octanol–water partition coefficient (Wildman–Crippen LogP) is 4.71. The number of benzene rings is 2. The van der Waals surface area contributed by atoms with Crippen molar-refractivity contribution in [2.45, 2.75) is 64.8 Å². The smallest absolute Gasteiger partial charge is 0.329 e. The topological polar surface area (TPSA) is 148 Å². The van der Waals surface area contributed by atoms with Gasteiger partial charge in [0.05, 0.1) is 28.1 Å². The molecular formula is C44H54N10O4. The molecule has 3 aromatic heterocycles. The number of amides is 3. The number of fused-ring (bicyclic) bond motifs is 3. The fourth-order valence-corrected chi connectivity index (χ4v) is 9.79. The highest BCUT2D eigenvalue weighted by molar-refractivity contribution is 6.05. The number of nitrogens with zero attached hydrogens (tertiary/aromatic N) is 7. The number of hydrogen-bond donors (Lipinski definition) is 3. The molecule has 1 unspecified atom stereocenters. The van der Waals surface area contributed by atoms with Crippen LogP contribution in [0.25, 0.3) is 33.3 Å². The number of aromatic amines is 2. The van der Waals surface area contributed by atoms with Crippen molar-refractivity contribution in [3.8, 4) is 11.4 Å². The van der Waals surface area contributed by atoms with Gasteiger partial charge in [0, 0.05) is 94.2 Å². The summed E-state index contributed by atoms with van der Waals surface area (Å²) in [5.74, 6) is -0.275. The average molecular weight is 787 g/mol. The highest BCUT2D eigenvalue weighted by Gasteiger charge is 2.34. The molecular weight excluding hydrogens is 733 g/mol. The van der Waals surface area contributed by atoms with E-state index >= 15 is 0 Å². The number of H-pyrrole nitrogens is 2. The third-order valence-electron chi connectivity index (χ3n) is 13.3. The van der Waals surface area contributed by atoms with Gasteiger partial charge in [0.1, 0.15) is 11.7 Å². The minimum absolute atomic E-state index is 0.101. The first-order chi connectivity index (χ1) is 27.8. The molecule has 3 aliphatic heterocycles. The molecule has 58 heavy (non-hydrogen) atoms. The van der Waals surface area contributed by atoms with Crippen LogP contribution in [0.3, 0.4) is 0 Å². The predicted molar refractivity (Wildman–Crippen MR) is 226 cm³/mol. The summed E-state index contributed by atoms with van der Waals surface area (Å²) >= 11 is 0. The number of carbonyl (C=O) groups is 3. The Morgan fingerprint density at radius 2 is 1.76 bits per heavy atom. The fraction of sp³-hybridized carbons (Fsp3) is 0.477. The molecule has 0 bridgehead atoms. The van der Waals surface area contributed by atoms with Gasteiger partial charge in [-0.15, -0.1) is 0 Å². The molecule has 6 heterocycles. The molecule has 1 atom stereocenters. The number of carbonyl (C=O) groups excluding carboxylic acids is 3. The number of para-hydroxylation sites is 1. The quantitative estimate of drug-likeness (QED) is 0.151. The second-order valence-corrected chi connectivity index (χ2v) is 17.7. The van der Waals surface area contributed by atoms with Gasteiger partial charge in [-0.2, -0.15) is 5.10 Å². The maximum absolute atomic E-state index is 13.8. The Kier molecular flexibility index (Phi) is 9.57. The van der Waals surface area contributed by atoms with Gasteiger partial charge in [-0.05, 0) is 80.2 Å². The highest BCUT2D eigenvalue weighted by atomic mass is 16.2. The third-order valence-corrected chi connectivity index (χ3v) is 13.3. The van der Waals surface area contributed by atoms with Gasteiger partial charge < -0.3 is 19.7 Å². The number of aryl methyl sites for hydroxylation is 1. The lowest BCUT2D eigenvalue weighted by Crippen LogP contribution is -2.50. The first-order valence-corrected chi connectivity index (χ1v) is 20.8. The molecule has 3 saturated heterocycles. The van der Waals surface area contributed by atoms with Gasteiger partial charge >= 0.3 is 5.69 Å². The van der Waals surface area contributed by atoms with Crippen LogP contribution in [0.4, 0.5) is 11.4 Å². The number of aromatic nitrogens is 5. The normalized spacial score (nSPS) is 20.4. The van der Waals surface area contributed by atoms with Crippen LogP contribution in [-0.2, 0) is 34.3 Å². The number of imidazole rings is 1. The van der Waals surface area contributed by atoms with E-state index in [4.69, 9.17) is 5.10 Å². The maximum Gasteiger partial charge on any atom is 0.329 e. The lowest BCUT2D eigenvalue weighted by Gasteiger charge is -2.40. The van der Waals surface area contributed by atoms with Gasteiger partial charge in [-0.1, -0.05) is 32.6 Å². The van der Waals surface area contributed by atoms with Gasteiger partial charge in [0.15, 0.2) is 0 Å². The maximum atomic E-state index is 13.8. The molecule has 1 aliphatic carbocycles. The minimum atomic E-state index is -0.701. The zero-order valence-electron chi connectivity index (χ0n) is 34.1. The van der Waals surface area contributed by atoms with Crippen LogP contribution < -0.4 is 20.8 Å². The Balaban J connectivity index is 0.784. The Bertz CT molecular complexity index is 2510. The molecule has 304 valence electrons. The van der Waals surface area contributed by atoms with Crippen molar-refractivity contribution in [1.82, 2.24) is 39.4 Å². The third kappa shape index (κ3) is 6.80. The molecule has 0 spiro atoms. The SMILES string of the molecule is C=C(C(=O)N(C)c1ccc2cc(-c3n[nH]c4c3CCC(C)(C)C4)[nH]c2c1)N1CCN(CC2CCN(c3cccc4c3n(C)c(=O)n4C3CCC(=O)NC3=O)CC2)CC1. The number of hydrogen-bond acceptors (Lipinski definition) is 8. The summed E-state index contributed by atoms with van der Waals surface area (Å²) in [4.78, 5) is 64.0. The molecule has 4 aliphatic rings. The molecule has 0 radical (unpaired) electrons. The number of anilines is 2. The molecule has 3 amide bonds. The van der Waals surface area contributed by atoms with E-state index in [1.54, 1.807) is 21.1 Å². The second-order valence-electron chi connectivity index (χ2n) is 17.7. The molecule has 3 fully saturated rings. The van der Waals surface area contributed by atoms with Crippen molar-refractivity contribution < 1.29 is 14.4 Å². The first-order valence-electron chi connectivity index (χ1n) is 20.8. The lowest BCUT2D eigenvalue weighted by molar-refractivity contribution is -0.135. The number of likely N-dealkylation sites (N-methyl/N-ethyl adjacent to an activating group) is 1. The van der Waals surface area contributed by atoms with Crippen LogP contribution in [0.15, 0.2) is 59.5 Å². The zero-order chi connectivity index (χ0) is 40.5. The van der Waals surface area contributed by atoms with Crippen molar-refractivity contribution in [1.29, 1.82) is 0 Å². The number of piperidine rings is 2. The monoisotopic (exact) mass is 786 g/mol. The summed E-state index contributed by atoms with van der Waals surface area (Å²) in [5, 5.41) is 11.5.